The Bertz CT molecular complexity index is 687. The zero-order valence-electron chi connectivity index (χ0n) is 12.3. The molecule has 0 atom stereocenters. The van der Waals surface area contributed by atoms with Crippen LogP contribution in [0.4, 0.5) is 9.52 Å². The predicted octanol–water partition coefficient (Wildman–Crippen LogP) is 3.02. The third kappa shape index (κ3) is 3.67. The minimum absolute atomic E-state index is 0.0614. The minimum atomic E-state index is -0.601. The zero-order valence-corrected chi connectivity index (χ0v) is 13.1. The normalized spacial score (nSPS) is 10.3. The van der Waals surface area contributed by atoms with Crippen molar-refractivity contribution in [2.45, 2.75) is 13.3 Å². The molecule has 1 N–H and O–H groups in total. The van der Waals surface area contributed by atoms with Crippen LogP contribution >= 0.6 is 11.3 Å². The summed E-state index contributed by atoms with van der Waals surface area (Å²) in [5.41, 5.74) is 0.207. The molecule has 2 aromatic rings. The molecule has 0 saturated heterocycles. The molecule has 0 aliphatic rings. The summed E-state index contributed by atoms with van der Waals surface area (Å²) in [6.45, 7) is 2.61. The van der Waals surface area contributed by atoms with Crippen LogP contribution in [0.15, 0.2) is 29.6 Å². The van der Waals surface area contributed by atoms with E-state index in [9.17, 15) is 14.0 Å². The Morgan fingerprint density at radius 1 is 1.36 bits per heavy atom. The molecule has 2 amide bonds. The summed E-state index contributed by atoms with van der Waals surface area (Å²) in [5.74, 6) is -1.40. The fourth-order valence-electron chi connectivity index (χ4n) is 1.87. The zero-order chi connectivity index (χ0) is 16.1. The predicted molar refractivity (Wildman–Crippen MR) is 83.7 cm³/mol. The molecule has 0 saturated carbocycles. The Labute approximate surface area is 131 Å². The number of nitrogens with one attached hydrogen (secondary N) is 1. The second-order valence-corrected chi connectivity index (χ2v) is 5.56. The number of carbonyl (C=O) groups excluding carboxylic acids is 2. The van der Waals surface area contributed by atoms with Crippen LogP contribution in [0.2, 0.25) is 0 Å². The minimum Gasteiger partial charge on any atom is -0.340 e. The molecule has 116 valence electrons. The van der Waals surface area contributed by atoms with E-state index in [0.29, 0.717) is 6.54 Å². The second kappa shape index (κ2) is 7.13. The molecule has 0 aliphatic heterocycles. The molecule has 7 heteroatoms. The number of rotatable bonds is 5. The van der Waals surface area contributed by atoms with Gasteiger partial charge in [0.2, 0.25) is 0 Å². The number of hydrogen-bond donors (Lipinski definition) is 1. The summed E-state index contributed by atoms with van der Waals surface area (Å²) < 4.78 is 13.5. The van der Waals surface area contributed by atoms with Gasteiger partial charge in [-0.1, -0.05) is 19.1 Å². The monoisotopic (exact) mass is 321 g/mol. The van der Waals surface area contributed by atoms with Crippen LogP contribution in [-0.2, 0) is 0 Å². The smallest absolute Gasteiger partial charge is 0.273 e. The van der Waals surface area contributed by atoms with Gasteiger partial charge in [0.25, 0.3) is 11.8 Å². The van der Waals surface area contributed by atoms with Gasteiger partial charge >= 0.3 is 0 Å². The van der Waals surface area contributed by atoms with Crippen molar-refractivity contribution in [2.75, 3.05) is 18.9 Å². The van der Waals surface area contributed by atoms with Crippen LogP contribution in [0, 0.1) is 5.82 Å². The summed E-state index contributed by atoms with van der Waals surface area (Å²) in [6.07, 6.45) is 0.850. The van der Waals surface area contributed by atoms with Gasteiger partial charge < -0.3 is 4.90 Å². The fraction of sp³-hybridized carbons (Fsp3) is 0.267. The standard InChI is InChI=1S/C15H16FN3O2S/c1-3-8-19(2)14(21)12-9-22-15(17-12)18-13(20)10-6-4-5-7-11(10)16/h4-7,9H,3,8H2,1-2H3,(H,17,18,20). The summed E-state index contributed by atoms with van der Waals surface area (Å²) in [5, 5.41) is 4.34. The van der Waals surface area contributed by atoms with Gasteiger partial charge in [0, 0.05) is 19.0 Å². The van der Waals surface area contributed by atoms with Crippen molar-refractivity contribution >= 4 is 28.3 Å². The molecule has 1 heterocycles. The molecule has 0 unspecified atom stereocenters. The van der Waals surface area contributed by atoms with Crippen molar-refractivity contribution in [3.63, 3.8) is 0 Å². The number of carbonyl (C=O) groups is 2. The van der Waals surface area contributed by atoms with Gasteiger partial charge in [-0.15, -0.1) is 11.3 Å². The van der Waals surface area contributed by atoms with Gasteiger partial charge in [-0.05, 0) is 18.6 Å². The van der Waals surface area contributed by atoms with E-state index in [0.717, 1.165) is 17.8 Å². The molecule has 0 bridgehead atoms. The van der Waals surface area contributed by atoms with E-state index in [1.165, 1.54) is 18.2 Å². The number of amides is 2. The summed E-state index contributed by atoms with van der Waals surface area (Å²) >= 11 is 1.13. The number of benzene rings is 1. The number of anilines is 1. The van der Waals surface area contributed by atoms with E-state index in [1.807, 2.05) is 6.92 Å². The van der Waals surface area contributed by atoms with E-state index >= 15 is 0 Å². The van der Waals surface area contributed by atoms with Gasteiger partial charge in [-0.2, -0.15) is 0 Å². The maximum absolute atomic E-state index is 13.5. The van der Waals surface area contributed by atoms with Gasteiger partial charge in [-0.3, -0.25) is 14.9 Å². The average Bonchev–Trinajstić information content (AvgIpc) is 2.95. The number of thiazole rings is 1. The average molecular weight is 321 g/mol. The van der Waals surface area contributed by atoms with E-state index in [4.69, 9.17) is 0 Å². The highest BCUT2D eigenvalue weighted by molar-refractivity contribution is 7.14. The van der Waals surface area contributed by atoms with E-state index < -0.39 is 11.7 Å². The van der Waals surface area contributed by atoms with Crippen LogP contribution in [0.1, 0.15) is 34.2 Å². The molecule has 0 spiro atoms. The summed E-state index contributed by atoms with van der Waals surface area (Å²) in [7, 11) is 1.70. The van der Waals surface area contributed by atoms with Crippen molar-refractivity contribution in [3.05, 3.63) is 46.7 Å². The van der Waals surface area contributed by atoms with Crippen LogP contribution in [0.25, 0.3) is 0 Å². The van der Waals surface area contributed by atoms with E-state index in [-0.39, 0.29) is 22.3 Å². The van der Waals surface area contributed by atoms with Crippen LogP contribution < -0.4 is 5.32 Å². The summed E-state index contributed by atoms with van der Waals surface area (Å²) in [4.78, 5) is 29.7. The third-order valence-electron chi connectivity index (χ3n) is 2.97. The Morgan fingerprint density at radius 2 is 2.09 bits per heavy atom. The molecular weight excluding hydrogens is 305 g/mol. The van der Waals surface area contributed by atoms with Crippen molar-refractivity contribution in [3.8, 4) is 0 Å². The van der Waals surface area contributed by atoms with Crippen LogP contribution in [-0.4, -0.2) is 35.3 Å². The Balaban J connectivity index is 2.08. The molecule has 1 aromatic heterocycles. The lowest BCUT2D eigenvalue weighted by Crippen LogP contribution is -2.27. The van der Waals surface area contributed by atoms with Crippen LogP contribution in [0.5, 0.6) is 0 Å². The lowest BCUT2D eigenvalue weighted by molar-refractivity contribution is 0.0790. The van der Waals surface area contributed by atoms with Crippen molar-refractivity contribution in [1.82, 2.24) is 9.88 Å². The fourth-order valence-corrected chi connectivity index (χ4v) is 2.55. The Hall–Kier alpha value is -2.28. The van der Waals surface area contributed by atoms with Crippen molar-refractivity contribution in [1.29, 1.82) is 0 Å². The molecule has 0 radical (unpaired) electrons. The highest BCUT2D eigenvalue weighted by Crippen LogP contribution is 2.18. The number of hydrogen-bond acceptors (Lipinski definition) is 4. The first-order valence-corrected chi connectivity index (χ1v) is 7.67. The highest BCUT2D eigenvalue weighted by Gasteiger charge is 2.17. The molecule has 5 nitrogen and oxygen atoms in total. The quantitative estimate of drug-likeness (QED) is 0.921. The number of aromatic nitrogens is 1. The number of halogens is 1. The van der Waals surface area contributed by atoms with Gasteiger partial charge in [0.05, 0.1) is 5.56 Å². The molecule has 0 aliphatic carbocycles. The third-order valence-corrected chi connectivity index (χ3v) is 3.73. The first-order chi connectivity index (χ1) is 10.5. The topological polar surface area (TPSA) is 62.3 Å². The lowest BCUT2D eigenvalue weighted by Gasteiger charge is -2.13. The summed E-state index contributed by atoms with van der Waals surface area (Å²) in [6, 6.07) is 5.69. The molecule has 22 heavy (non-hydrogen) atoms. The highest BCUT2D eigenvalue weighted by atomic mass is 32.1. The van der Waals surface area contributed by atoms with Gasteiger partial charge in [0.15, 0.2) is 5.13 Å². The first-order valence-electron chi connectivity index (χ1n) is 6.79. The SMILES string of the molecule is CCCN(C)C(=O)c1csc(NC(=O)c2ccccc2F)n1. The van der Waals surface area contributed by atoms with Gasteiger partial charge in [0.1, 0.15) is 11.5 Å². The lowest BCUT2D eigenvalue weighted by atomic mass is 10.2. The molecule has 0 fully saturated rings. The Kier molecular flexibility index (Phi) is 5.21. The van der Waals surface area contributed by atoms with Crippen molar-refractivity contribution in [2.24, 2.45) is 0 Å². The number of nitrogens with zero attached hydrogens (tertiary/aromatic N) is 2. The van der Waals surface area contributed by atoms with Gasteiger partial charge in [-0.25, -0.2) is 9.37 Å². The largest absolute Gasteiger partial charge is 0.340 e. The Morgan fingerprint density at radius 3 is 2.77 bits per heavy atom. The first kappa shape index (κ1) is 16.1. The maximum Gasteiger partial charge on any atom is 0.273 e. The molecule has 1 aromatic carbocycles. The van der Waals surface area contributed by atoms with E-state index in [1.54, 1.807) is 23.4 Å². The van der Waals surface area contributed by atoms with Crippen molar-refractivity contribution < 1.29 is 14.0 Å². The molecular formula is C15H16FN3O2S. The second-order valence-electron chi connectivity index (χ2n) is 4.70. The maximum atomic E-state index is 13.5. The molecule has 2 rings (SSSR count). The van der Waals surface area contributed by atoms with Crippen LogP contribution in [0.3, 0.4) is 0 Å². The van der Waals surface area contributed by atoms with E-state index in [2.05, 4.69) is 10.3 Å².